The number of aromatic carboxylic acids is 1. The number of anilines is 1. The summed E-state index contributed by atoms with van der Waals surface area (Å²) >= 11 is 1.48. The zero-order valence-corrected chi connectivity index (χ0v) is 18.6. The molecule has 164 valence electrons. The van der Waals surface area contributed by atoms with Crippen molar-refractivity contribution in [3.8, 4) is 11.3 Å². The molecule has 32 heavy (non-hydrogen) atoms. The molecule has 1 aliphatic rings. The molecule has 1 aromatic heterocycles. The minimum absolute atomic E-state index is 0.0946. The summed E-state index contributed by atoms with van der Waals surface area (Å²) in [4.78, 5) is 36.5. The summed E-state index contributed by atoms with van der Waals surface area (Å²) in [7, 11) is 0. The van der Waals surface area contributed by atoms with E-state index in [0.29, 0.717) is 24.0 Å². The van der Waals surface area contributed by atoms with Crippen molar-refractivity contribution < 1.29 is 14.7 Å². The Morgan fingerprint density at radius 3 is 2.41 bits per heavy atom. The highest BCUT2D eigenvalue weighted by Crippen LogP contribution is 2.28. The van der Waals surface area contributed by atoms with Crippen molar-refractivity contribution in [3.05, 3.63) is 71.8 Å². The van der Waals surface area contributed by atoms with Crippen molar-refractivity contribution in [2.24, 2.45) is 0 Å². The number of piperazine rings is 1. The lowest BCUT2D eigenvalue weighted by Gasteiger charge is -2.35. The third-order valence-electron chi connectivity index (χ3n) is 5.35. The number of carboxylic acids is 1. The number of carboxylic acid groups (broad SMARTS) is 1. The molecular formula is C24H24N4O3S. The van der Waals surface area contributed by atoms with E-state index in [9.17, 15) is 14.7 Å². The Kier molecular flexibility index (Phi) is 6.70. The van der Waals surface area contributed by atoms with Crippen molar-refractivity contribution in [1.29, 1.82) is 0 Å². The van der Waals surface area contributed by atoms with Crippen LogP contribution in [0.1, 0.15) is 22.8 Å². The van der Waals surface area contributed by atoms with E-state index in [-0.39, 0.29) is 11.5 Å². The summed E-state index contributed by atoms with van der Waals surface area (Å²) in [6, 6.07) is 18.9. The van der Waals surface area contributed by atoms with Gasteiger partial charge in [0.25, 0.3) is 0 Å². The summed E-state index contributed by atoms with van der Waals surface area (Å²) in [6.45, 7) is 4.38. The molecule has 1 aliphatic heterocycles. The van der Waals surface area contributed by atoms with E-state index in [1.54, 1.807) is 25.1 Å². The molecular weight excluding hydrogens is 424 g/mol. The molecule has 0 radical (unpaired) electrons. The van der Waals surface area contributed by atoms with E-state index in [4.69, 9.17) is 9.97 Å². The predicted octanol–water partition coefficient (Wildman–Crippen LogP) is 3.80. The van der Waals surface area contributed by atoms with Gasteiger partial charge in [-0.15, -0.1) is 0 Å². The van der Waals surface area contributed by atoms with Crippen LogP contribution in [0.3, 0.4) is 0 Å². The first-order valence-electron chi connectivity index (χ1n) is 10.4. The first-order chi connectivity index (χ1) is 15.5. The molecule has 0 saturated carbocycles. The molecule has 8 heteroatoms. The van der Waals surface area contributed by atoms with E-state index in [1.165, 1.54) is 11.8 Å². The van der Waals surface area contributed by atoms with Crippen molar-refractivity contribution in [2.45, 2.75) is 17.8 Å². The number of carbonyl (C=O) groups excluding carboxylic acids is 1. The van der Waals surface area contributed by atoms with E-state index >= 15 is 0 Å². The first-order valence-corrected chi connectivity index (χ1v) is 11.4. The zero-order valence-electron chi connectivity index (χ0n) is 17.8. The van der Waals surface area contributed by atoms with Crippen molar-refractivity contribution in [2.75, 3.05) is 31.1 Å². The lowest BCUT2D eigenvalue weighted by molar-refractivity contribution is -0.129. The predicted molar refractivity (Wildman–Crippen MR) is 125 cm³/mol. The fourth-order valence-corrected chi connectivity index (χ4v) is 4.38. The smallest absolute Gasteiger partial charge is 0.335 e. The third kappa shape index (κ3) is 5.26. The molecule has 1 N–H and O–H groups in total. The van der Waals surface area contributed by atoms with E-state index < -0.39 is 5.97 Å². The molecule has 0 bridgehead atoms. The van der Waals surface area contributed by atoms with Gasteiger partial charge in [-0.2, -0.15) is 0 Å². The summed E-state index contributed by atoms with van der Waals surface area (Å²) in [6.07, 6.45) is 0. The molecule has 0 aliphatic carbocycles. The standard InChI is InChI=1S/C24H24N4O3S/c1-17(29)27-10-12-28(13-11-27)22-15-21(19-7-3-2-4-8-19)25-24(26-22)32-16-18-6-5-9-20(14-18)23(30)31/h2-9,14-15H,10-13,16H2,1H3,(H,30,31). The first kappa shape index (κ1) is 21.8. The Labute approximate surface area is 191 Å². The van der Waals surface area contributed by atoms with Gasteiger partial charge in [0.05, 0.1) is 11.3 Å². The lowest BCUT2D eigenvalue weighted by atomic mass is 10.1. The minimum Gasteiger partial charge on any atom is -0.478 e. The molecule has 0 atom stereocenters. The van der Waals surface area contributed by atoms with Crippen LogP contribution in [0.2, 0.25) is 0 Å². The lowest BCUT2D eigenvalue weighted by Crippen LogP contribution is -2.48. The zero-order chi connectivity index (χ0) is 22.5. The van der Waals surface area contributed by atoms with Crippen LogP contribution in [-0.2, 0) is 10.5 Å². The van der Waals surface area contributed by atoms with Crippen LogP contribution in [0, 0.1) is 0 Å². The minimum atomic E-state index is -0.939. The molecule has 1 saturated heterocycles. The summed E-state index contributed by atoms with van der Waals surface area (Å²) in [5.41, 5.74) is 3.02. The fraction of sp³-hybridized carbons (Fsp3) is 0.250. The monoisotopic (exact) mass is 448 g/mol. The molecule has 4 rings (SSSR count). The Morgan fingerprint density at radius 2 is 1.72 bits per heavy atom. The van der Waals surface area contributed by atoms with Gasteiger partial charge in [0.1, 0.15) is 5.82 Å². The maximum atomic E-state index is 11.7. The highest BCUT2D eigenvalue weighted by Gasteiger charge is 2.21. The summed E-state index contributed by atoms with van der Waals surface area (Å²) in [5.74, 6) is 0.559. The number of carbonyl (C=O) groups is 2. The normalized spacial score (nSPS) is 13.8. The second kappa shape index (κ2) is 9.82. The van der Waals surface area contributed by atoms with Crippen LogP contribution >= 0.6 is 11.8 Å². The number of thioether (sulfide) groups is 1. The highest BCUT2D eigenvalue weighted by molar-refractivity contribution is 7.98. The van der Waals surface area contributed by atoms with Crippen molar-refractivity contribution in [3.63, 3.8) is 0 Å². The largest absolute Gasteiger partial charge is 0.478 e. The van der Waals surface area contributed by atoms with Crippen LogP contribution in [0.4, 0.5) is 5.82 Å². The summed E-state index contributed by atoms with van der Waals surface area (Å²) in [5, 5.41) is 9.86. The summed E-state index contributed by atoms with van der Waals surface area (Å²) < 4.78 is 0. The highest BCUT2D eigenvalue weighted by atomic mass is 32.2. The van der Waals surface area contributed by atoms with Crippen LogP contribution in [-0.4, -0.2) is 58.0 Å². The van der Waals surface area contributed by atoms with Gasteiger partial charge < -0.3 is 14.9 Å². The van der Waals surface area contributed by atoms with Crippen LogP contribution < -0.4 is 4.90 Å². The van der Waals surface area contributed by atoms with Crippen LogP contribution in [0.5, 0.6) is 0 Å². The maximum Gasteiger partial charge on any atom is 0.335 e. The molecule has 0 spiro atoms. The van der Waals surface area contributed by atoms with Gasteiger partial charge in [0, 0.05) is 50.5 Å². The Balaban J connectivity index is 1.59. The molecule has 1 fully saturated rings. The number of hydrogen-bond donors (Lipinski definition) is 1. The number of hydrogen-bond acceptors (Lipinski definition) is 6. The van der Waals surface area contributed by atoms with Gasteiger partial charge in [-0.3, -0.25) is 4.79 Å². The van der Waals surface area contributed by atoms with E-state index in [0.717, 1.165) is 35.7 Å². The Hall–Kier alpha value is -3.39. The van der Waals surface area contributed by atoms with Gasteiger partial charge in [0.2, 0.25) is 5.91 Å². The Bertz CT molecular complexity index is 1120. The van der Waals surface area contributed by atoms with Gasteiger partial charge in [-0.1, -0.05) is 54.2 Å². The number of aromatic nitrogens is 2. The average Bonchev–Trinajstić information content (AvgIpc) is 2.83. The number of rotatable bonds is 6. The van der Waals surface area contributed by atoms with Gasteiger partial charge >= 0.3 is 5.97 Å². The SMILES string of the molecule is CC(=O)N1CCN(c2cc(-c3ccccc3)nc(SCc3cccc(C(=O)O)c3)n2)CC1. The quantitative estimate of drug-likeness (QED) is 0.453. The molecule has 1 amide bonds. The average molecular weight is 449 g/mol. The van der Waals surface area contributed by atoms with Crippen LogP contribution in [0.25, 0.3) is 11.3 Å². The Morgan fingerprint density at radius 1 is 0.969 bits per heavy atom. The van der Waals surface area contributed by atoms with Gasteiger partial charge in [0.15, 0.2) is 5.16 Å². The fourth-order valence-electron chi connectivity index (χ4n) is 3.59. The third-order valence-corrected chi connectivity index (χ3v) is 6.27. The number of benzene rings is 2. The maximum absolute atomic E-state index is 11.7. The topological polar surface area (TPSA) is 86.6 Å². The molecule has 0 unspecified atom stereocenters. The van der Waals surface area contributed by atoms with Crippen LogP contribution in [0.15, 0.2) is 65.8 Å². The van der Waals surface area contributed by atoms with E-state index in [2.05, 4.69) is 4.90 Å². The number of nitrogens with zero attached hydrogens (tertiary/aromatic N) is 4. The van der Waals surface area contributed by atoms with Crippen molar-refractivity contribution in [1.82, 2.24) is 14.9 Å². The molecule has 7 nitrogen and oxygen atoms in total. The second-order valence-corrected chi connectivity index (χ2v) is 8.49. The number of amides is 1. The molecule has 3 aromatic rings. The van der Waals surface area contributed by atoms with Gasteiger partial charge in [-0.25, -0.2) is 14.8 Å². The second-order valence-electron chi connectivity index (χ2n) is 7.55. The van der Waals surface area contributed by atoms with Gasteiger partial charge in [-0.05, 0) is 17.7 Å². The molecule has 2 aromatic carbocycles. The molecule has 2 heterocycles. The van der Waals surface area contributed by atoms with Crippen molar-refractivity contribution >= 4 is 29.5 Å². The van der Waals surface area contributed by atoms with E-state index in [1.807, 2.05) is 47.4 Å².